The van der Waals surface area contributed by atoms with E-state index in [1.165, 1.54) is 19.3 Å². The van der Waals surface area contributed by atoms with Crippen molar-refractivity contribution in [3.8, 4) is 11.5 Å². The molecule has 4 nitrogen and oxygen atoms in total. The van der Waals surface area contributed by atoms with Crippen LogP contribution < -0.4 is 9.47 Å². The van der Waals surface area contributed by atoms with Crippen molar-refractivity contribution in [2.75, 3.05) is 7.11 Å². The number of methoxy groups -OCH3 is 1. The van der Waals surface area contributed by atoms with Gasteiger partial charge in [-0.3, -0.25) is 0 Å². The lowest BCUT2D eigenvalue weighted by Crippen LogP contribution is -2.20. The summed E-state index contributed by atoms with van der Waals surface area (Å²) in [4.78, 5) is 0. The van der Waals surface area contributed by atoms with E-state index < -0.39 is 0 Å². The van der Waals surface area contributed by atoms with Crippen LogP contribution in [0.3, 0.4) is 0 Å². The van der Waals surface area contributed by atoms with Crippen LogP contribution in [-0.2, 0) is 0 Å². The number of nitrogens with zero attached hydrogens (tertiary/aromatic N) is 1. The molecule has 0 bridgehead atoms. The Labute approximate surface area is 114 Å². The molecule has 0 aliphatic heterocycles. The van der Waals surface area contributed by atoms with Crippen LogP contribution in [0.25, 0.3) is 0 Å². The fourth-order valence-corrected chi connectivity index (χ4v) is 2.41. The maximum atomic E-state index is 8.80. The standard InChI is InChI=1S/C15H21NO3/c1-11(16-17)12-8-9-14(15(10-12)18-2)19-13-6-4-3-5-7-13/h8-10,13,17H,3-7H2,1-2H3/b16-11+. The molecule has 0 amide bonds. The summed E-state index contributed by atoms with van der Waals surface area (Å²) in [5.74, 6) is 1.45. The van der Waals surface area contributed by atoms with Crippen LogP contribution in [-0.4, -0.2) is 24.1 Å². The first-order chi connectivity index (χ1) is 9.24. The zero-order chi connectivity index (χ0) is 13.7. The van der Waals surface area contributed by atoms with Gasteiger partial charge in [0.1, 0.15) is 0 Å². The van der Waals surface area contributed by atoms with Crippen molar-refractivity contribution in [2.45, 2.75) is 45.1 Å². The molecule has 1 N–H and O–H groups in total. The van der Waals surface area contributed by atoms with Crippen LogP contribution in [0.5, 0.6) is 11.5 Å². The molecule has 1 saturated carbocycles. The van der Waals surface area contributed by atoms with E-state index in [0.717, 1.165) is 24.2 Å². The van der Waals surface area contributed by atoms with Gasteiger partial charge in [-0.15, -0.1) is 0 Å². The molecule has 0 spiro atoms. The summed E-state index contributed by atoms with van der Waals surface area (Å²) in [7, 11) is 1.62. The highest BCUT2D eigenvalue weighted by Crippen LogP contribution is 2.32. The van der Waals surface area contributed by atoms with Gasteiger partial charge in [0.2, 0.25) is 0 Å². The third-order valence-electron chi connectivity index (χ3n) is 3.58. The van der Waals surface area contributed by atoms with E-state index in [1.54, 1.807) is 14.0 Å². The lowest BCUT2D eigenvalue weighted by atomic mass is 9.98. The van der Waals surface area contributed by atoms with Crippen molar-refractivity contribution in [3.05, 3.63) is 23.8 Å². The molecule has 0 radical (unpaired) electrons. The minimum Gasteiger partial charge on any atom is -0.493 e. The second kappa shape index (κ2) is 6.45. The Morgan fingerprint density at radius 2 is 1.95 bits per heavy atom. The molecular weight excluding hydrogens is 242 g/mol. The lowest BCUT2D eigenvalue weighted by molar-refractivity contribution is 0.149. The number of benzene rings is 1. The summed E-state index contributed by atoms with van der Waals surface area (Å²) in [5, 5.41) is 12.0. The van der Waals surface area contributed by atoms with E-state index in [4.69, 9.17) is 14.7 Å². The molecule has 0 saturated heterocycles. The average Bonchev–Trinajstić information content (AvgIpc) is 2.48. The Morgan fingerprint density at radius 3 is 2.58 bits per heavy atom. The molecule has 1 aliphatic carbocycles. The largest absolute Gasteiger partial charge is 0.493 e. The predicted molar refractivity (Wildman–Crippen MR) is 74.5 cm³/mol. The van der Waals surface area contributed by atoms with Gasteiger partial charge in [0, 0.05) is 5.56 Å². The smallest absolute Gasteiger partial charge is 0.161 e. The van der Waals surface area contributed by atoms with Gasteiger partial charge in [0.25, 0.3) is 0 Å². The molecule has 104 valence electrons. The number of ether oxygens (including phenoxy) is 2. The van der Waals surface area contributed by atoms with E-state index in [0.29, 0.717) is 17.6 Å². The summed E-state index contributed by atoms with van der Waals surface area (Å²) < 4.78 is 11.4. The lowest BCUT2D eigenvalue weighted by Gasteiger charge is -2.24. The number of rotatable bonds is 4. The Morgan fingerprint density at radius 1 is 1.21 bits per heavy atom. The van der Waals surface area contributed by atoms with Crippen LogP contribution in [0.4, 0.5) is 0 Å². The van der Waals surface area contributed by atoms with Crippen LogP contribution in [0, 0.1) is 0 Å². The molecular formula is C15H21NO3. The molecule has 2 rings (SSSR count). The maximum Gasteiger partial charge on any atom is 0.161 e. The summed E-state index contributed by atoms with van der Waals surface area (Å²) >= 11 is 0. The highest BCUT2D eigenvalue weighted by Gasteiger charge is 2.17. The first-order valence-electron chi connectivity index (χ1n) is 6.78. The van der Waals surface area contributed by atoms with Gasteiger partial charge in [-0.05, 0) is 50.8 Å². The third-order valence-corrected chi connectivity index (χ3v) is 3.58. The molecule has 1 aromatic rings. The Bertz CT molecular complexity index is 451. The minimum atomic E-state index is 0.293. The van der Waals surface area contributed by atoms with Gasteiger partial charge in [0.05, 0.1) is 18.9 Å². The molecule has 0 aromatic heterocycles. The van der Waals surface area contributed by atoms with Crippen LogP contribution >= 0.6 is 0 Å². The van der Waals surface area contributed by atoms with E-state index >= 15 is 0 Å². The highest BCUT2D eigenvalue weighted by molar-refractivity contribution is 5.98. The quantitative estimate of drug-likeness (QED) is 0.513. The van der Waals surface area contributed by atoms with Crippen molar-refractivity contribution in [1.29, 1.82) is 0 Å². The Kier molecular flexibility index (Phi) is 4.66. The van der Waals surface area contributed by atoms with Crippen LogP contribution in [0.2, 0.25) is 0 Å². The topological polar surface area (TPSA) is 51.0 Å². The van der Waals surface area contributed by atoms with Gasteiger partial charge in [0.15, 0.2) is 11.5 Å². The predicted octanol–water partition coefficient (Wildman–Crippen LogP) is 3.60. The Balaban J connectivity index is 2.15. The van der Waals surface area contributed by atoms with Gasteiger partial charge < -0.3 is 14.7 Å². The van der Waals surface area contributed by atoms with E-state index in [1.807, 2.05) is 18.2 Å². The maximum absolute atomic E-state index is 8.80. The van der Waals surface area contributed by atoms with Gasteiger partial charge in [-0.2, -0.15) is 0 Å². The molecule has 1 fully saturated rings. The van der Waals surface area contributed by atoms with Crippen molar-refractivity contribution in [1.82, 2.24) is 0 Å². The third kappa shape index (κ3) is 3.40. The van der Waals surface area contributed by atoms with Gasteiger partial charge in [-0.1, -0.05) is 11.6 Å². The first kappa shape index (κ1) is 13.7. The summed E-state index contributed by atoms with van der Waals surface area (Å²) in [6.45, 7) is 1.75. The van der Waals surface area contributed by atoms with E-state index in [9.17, 15) is 0 Å². The fourth-order valence-electron chi connectivity index (χ4n) is 2.41. The van der Waals surface area contributed by atoms with Crippen LogP contribution in [0.1, 0.15) is 44.6 Å². The molecule has 0 heterocycles. The molecule has 0 atom stereocenters. The molecule has 4 heteroatoms. The highest BCUT2D eigenvalue weighted by atomic mass is 16.5. The van der Waals surface area contributed by atoms with E-state index in [-0.39, 0.29) is 0 Å². The second-order valence-corrected chi connectivity index (χ2v) is 4.93. The zero-order valence-electron chi connectivity index (χ0n) is 11.6. The van der Waals surface area contributed by atoms with Crippen LogP contribution in [0.15, 0.2) is 23.4 Å². The molecule has 1 aliphatic rings. The normalized spacial score (nSPS) is 17.3. The van der Waals surface area contributed by atoms with E-state index in [2.05, 4.69) is 5.16 Å². The zero-order valence-corrected chi connectivity index (χ0v) is 11.6. The van der Waals surface area contributed by atoms with Crippen molar-refractivity contribution < 1.29 is 14.7 Å². The summed E-state index contributed by atoms with van der Waals surface area (Å²) in [5.41, 5.74) is 1.39. The summed E-state index contributed by atoms with van der Waals surface area (Å²) in [6.07, 6.45) is 6.30. The van der Waals surface area contributed by atoms with Gasteiger partial charge >= 0.3 is 0 Å². The second-order valence-electron chi connectivity index (χ2n) is 4.93. The Hall–Kier alpha value is -1.71. The van der Waals surface area contributed by atoms with Crippen molar-refractivity contribution in [3.63, 3.8) is 0 Å². The van der Waals surface area contributed by atoms with Gasteiger partial charge in [-0.25, -0.2) is 0 Å². The number of hydrogen-bond donors (Lipinski definition) is 1. The number of hydrogen-bond acceptors (Lipinski definition) is 4. The monoisotopic (exact) mass is 263 g/mol. The molecule has 1 aromatic carbocycles. The SMILES string of the molecule is COc1cc(/C(C)=N/O)ccc1OC1CCCCC1. The minimum absolute atomic E-state index is 0.293. The van der Waals surface area contributed by atoms with Crippen molar-refractivity contribution >= 4 is 5.71 Å². The summed E-state index contributed by atoms with van der Waals surface area (Å²) in [6, 6.07) is 5.61. The molecule has 19 heavy (non-hydrogen) atoms. The number of oxime groups is 1. The molecule has 0 unspecified atom stereocenters. The average molecular weight is 263 g/mol. The fraction of sp³-hybridized carbons (Fsp3) is 0.533. The first-order valence-corrected chi connectivity index (χ1v) is 6.78. The van der Waals surface area contributed by atoms with Crippen molar-refractivity contribution in [2.24, 2.45) is 5.16 Å².